The molecular formula is C29H27N3O4. The first kappa shape index (κ1) is 22.3. The lowest BCUT2D eigenvalue weighted by Crippen LogP contribution is -2.44. The average molecular weight is 482 g/mol. The summed E-state index contributed by atoms with van der Waals surface area (Å²) in [5.41, 5.74) is 5.58. The number of benzene rings is 3. The summed E-state index contributed by atoms with van der Waals surface area (Å²) in [6, 6.07) is 24.7. The van der Waals surface area contributed by atoms with Crippen LogP contribution in [0.25, 0.3) is 11.1 Å². The summed E-state index contributed by atoms with van der Waals surface area (Å²) >= 11 is 0. The van der Waals surface area contributed by atoms with Crippen molar-refractivity contribution in [2.75, 3.05) is 6.61 Å². The van der Waals surface area contributed by atoms with Crippen molar-refractivity contribution in [1.29, 1.82) is 0 Å². The van der Waals surface area contributed by atoms with Crippen LogP contribution in [0.5, 0.6) is 0 Å². The van der Waals surface area contributed by atoms with E-state index < -0.39 is 18.2 Å². The van der Waals surface area contributed by atoms with Crippen LogP contribution in [-0.2, 0) is 20.9 Å². The highest BCUT2D eigenvalue weighted by Crippen LogP contribution is 2.44. The van der Waals surface area contributed by atoms with Gasteiger partial charge in [-0.05, 0) is 34.7 Å². The van der Waals surface area contributed by atoms with Gasteiger partial charge in [-0.15, -0.1) is 0 Å². The van der Waals surface area contributed by atoms with Gasteiger partial charge in [0.15, 0.2) is 0 Å². The average Bonchev–Trinajstić information content (AvgIpc) is 3.47. The molecule has 3 unspecified atom stereocenters. The normalized spacial score (nSPS) is 22.4. The van der Waals surface area contributed by atoms with Crippen molar-refractivity contribution in [2.24, 2.45) is 0 Å². The number of hydrogen-bond acceptors (Lipinski definition) is 4. The molecule has 182 valence electrons. The monoisotopic (exact) mass is 481 g/mol. The molecule has 3 aliphatic rings. The number of alkyl carbamates (subject to hydrolysis) is 1. The van der Waals surface area contributed by atoms with Crippen LogP contribution in [0.2, 0.25) is 0 Å². The number of nitrogens with one attached hydrogen (secondary N) is 1. The Labute approximate surface area is 209 Å². The fraction of sp³-hybridized carbons (Fsp3) is 0.276. The molecule has 3 aromatic rings. The zero-order valence-electron chi connectivity index (χ0n) is 20.0. The van der Waals surface area contributed by atoms with Crippen LogP contribution < -0.4 is 5.32 Å². The highest BCUT2D eigenvalue weighted by atomic mass is 16.5. The lowest BCUT2D eigenvalue weighted by atomic mass is 9.98. The molecule has 36 heavy (non-hydrogen) atoms. The molecule has 3 amide bonds. The summed E-state index contributed by atoms with van der Waals surface area (Å²) in [6.45, 7) is 2.35. The second kappa shape index (κ2) is 8.82. The molecule has 0 radical (unpaired) electrons. The summed E-state index contributed by atoms with van der Waals surface area (Å²) < 4.78 is 5.64. The summed E-state index contributed by atoms with van der Waals surface area (Å²) in [6.07, 6.45) is -0.657. The summed E-state index contributed by atoms with van der Waals surface area (Å²) in [4.78, 5) is 42.1. The number of hydrogen-bond donors (Lipinski definition) is 1. The first-order chi connectivity index (χ1) is 17.5. The van der Waals surface area contributed by atoms with Crippen LogP contribution >= 0.6 is 0 Å². The standard InChI is InChI=1S/C29H27N3O4/c1-18-27(33)31(16-19-9-3-2-4-10-19)26-15-25(28(34)32(18)26)30-29(35)36-17-24-22-13-7-5-11-20(22)21-12-6-8-14-23(21)24/h2-14,18,24-26H,15-17H2,1H3,(H,30,35). The van der Waals surface area contributed by atoms with Crippen LogP contribution in [0.1, 0.15) is 36.0 Å². The molecule has 2 heterocycles. The lowest BCUT2D eigenvalue weighted by Gasteiger charge is -2.24. The van der Waals surface area contributed by atoms with Crippen molar-refractivity contribution in [3.63, 3.8) is 0 Å². The van der Waals surface area contributed by atoms with Crippen LogP contribution in [0.4, 0.5) is 4.79 Å². The maximum absolute atomic E-state index is 13.1. The molecule has 3 atom stereocenters. The lowest BCUT2D eigenvalue weighted by molar-refractivity contribution is -0.134. The Kier molecular flexibility index (Phi) is 5.48. The first-order valence-corrected chi connectivity index (χ1v) is 12.3. The second-order valence-corrected chi connectivity index (χ2v) is 9.61. The second-order valence-electron chi connectivity index (χ2n) is 9.61. The third kappa shape index (κ3) is 3.63. The third-order valence-corrected chi connectivity index (χ3v) is 7.57. The van der Waals surface area contributed by atoms with Gasteiger partial charge in [0.05, 0.1) is 0 Å². The van der Waals surface area contributed by atoms with E-state index in [4.69, 9.17) is 4.74 Å². The van der Waals surface area contributed by atoms with Crippen LogP contribution in [0.15, 0.2) is 78.9 Å². The maximum atomic E-state index is 13.1. The number of rotatable bonds is 5. The van der Waals surface area contributed by atoms with Gasteiger partial charge in [0.25, 0.3) is 0 Å². The van der Waals surface area contributed by atoms with Crippen molar-refractivity contribution in [3.05, 3.63) is 95.6 Å². The van der Waals surface area contributed by atoms with Crippen LogP contribution in [-0.4, -0.2) is 52.6 Å². The highest BCUT2D eigenvalue weighted by Gasteiger charge is 2.53. The molecule has 3 aromatic carbocycles. The van der Waals surface area contributed by atoms with Crippen LogP contribution in [0.3, 0.4) is 0 Å². The van der Waals surface area contributed by atoms with E-state index in [-0.39, 0.29) is 30.5 Å². The molecule has 6 rings (SSSR count). The molecule has 0 spiro atoms. The Bertz CT molecular complexity index is 1300. The molecule has 2 fully saturated rings. The van der Waals surface area contributed by atoms with Crippen molar-refractivity contribution in [3.8, 4) is 11.1 Å². The van der Waals surface area contributed by atoms with Crippen molar-refractivity contribution in [2.45, 2.75) is 44.1 Å². The molecule has 0 aromatic heterocycles. The molecule has 7 heteroatoms. The Morgan fingerprint density at radius 1 is 0.889 bits per heavy atom. The number of ether oxygens (including phenoxy) is 1. The van der Waals surface area contributed by atoms with E-state index in [9.17, 15) is 14.4 Å². The van der Waals surface area contributed by atoms with E-state index in [1.807, 2.05) is 54.6 Å². The predicted octanol–water partition coefficient (Wildman–Crippen LogP) is 3.88. The topological polar surface area (TPSA) is 79.0 Å². The maximum Gasteiger partial charge on any atom is 0.407 e. The van der Waals surface area contributed by atoms with Gasteiger partial charge >= 0.3 is 6.09 Å². The van der Waals surface area contributed by atoms with Gasteiger partial charge < -0.3 is 19.9 Å². The van der Waals surface area contributed by atoms with Crippen molar-refractivity contribution >= 4 is 17.9 Å². The van der Waals surface area contributed by atoms with Crippen LogP contribution in [0, 0.1) is 0 Å². The zero-order valence-corrected chi connectivity index (χ0v) is 20.0. The Balaban J connectivity index is 1.12. The quantitative estimate of drug-likeness (QED) is 0.600. The largest absolute Gasteiger partial charge is 0.449 e. The summed E-state index contributed by atoms with van der Waals surface area (Å²) in [5.74, 6) is -0.369. The molecule has 0 bridgehead atoms. The van der Waals surface area contributed by atoms with Gasteiger partial charge in [0.2, 0.25) is 11.8 Å². The van der Waals surface area contributed by atoms with E-state index in [0.717, 1.165) is 27.8 Å². The molecular weight excluding hydrogens is 454 g/mol. The molecule has 2 saturated heterocycles. The Hall–Kier alpha value is -4.13. The van der Waals surface area contributed by atoms with E-state index >= 15 is 0 Å². The van der Waals surface area contributed by atoms with Gasteiger partial charge in [-0.25, -0.2) is 4.79 Å². The Morgan fingerprint density at radius 2 is 1.50 bits per heavy atom. The van der Waals surface area contributed by atoms with E-state index in [2.05, 4.69) is 29.6 Å². The minimum Gasteiger partial charge on any atom is -0.449 e. The van der Waals surface area contributed by atoms with E-state index in [1.165, 1.54) is 0 Å². The summed E-state index contributed by atoms with van der Waals surface area (Å²) in [5, 5.41) is 2.76. The number of nitrogens with zero attached hydrogens (tertiary/aromatic N) is 2. The first-order valence-electron chi connectivity index (χ1n) is 12.3. The number of amides is 3. The smallest absolute Gasteiger partial charge is 0.407 e. The fourth-order valence-electron chi connectivity index (χ4n) is 5.85. The molecule has 1 N–H and O–H groups in total. The Morgan fingerprint density at radius 3 is 2.17 bits per heavy atom. The van der Waals surface area contributed by atoms with Crippen molar-refractivity contribution in [1.82, 2.24) is 15.1 Å². The fourth-order valence-corrected chi connectivity index (χ4v) is 5.85. The van der Waals surface area contributed by atoms with Crippen molar-refractivity contribution < 1.29 is 19.1 Å². The minimum absolute atomic E-state index is 0.0513. The molecule has 1 aliphatic carbocycles. The van der Waals surface area contributed by atoms with E-state index in [0.29, 0.717) is 13.0 Å². The highest BCUT2D eigenvalue weighted by molar-refractivity contribution is 5.96. The van der Waals surface area contributed by atoms with Gasteiger partial charge in [-0.3, -0.25) is 9.59 Å². The molecule has 0 saturated carbocycles. The number of carbonyl (C=O) groups is 3. The van der Waals surface area contributed by atoms with Gasteiger partial charge in [-0.1, -0.05) is 78.9 Å². The predicted molar refractivity (Wildman–Crippen MR) is 134 cm³/mol. The third-order valence-electron chi connectivity index (χ3n) is 7.57. The zero-order chi connectivity index (χ0) is 24.8. The van der Waals surface area contributed by atoms with Gasteiger partial charge in [0, 0.05) is 18.9 Å². The minimum atomic E-state index is -0.723. The number of carbonyl (C=O) groups excluding carboxylic acids is 3. The molecule has 7 nitrogen and oxygen atoms in total. The number of fused-ring (bicyclic) bond motifs is 4. The van der Waals surface area contributed by atoms with Gasteiger partial charge in [-0.2, -0.15) is 0 Å². The molecule has 2 aliphatic heterocycles. The van der Waals surface area contributed by atoms with Gasteiger partial charge in [0.1, 0.15) is 24.9 Å². The SMILES string of the molecule is CC1C(=O)N(Cc2ccccc2)C2CC(NC(=O)OCC3c4ccccc4-c4ccccc43)C(=O)N12. The summed E-state index contributed by atoms with van der Waals surface area (Å²) in [7, 11) is 0. The van der Waals surface area contributed by atoms with E-state index in [1.54, 1.807) is 16.7 Å².